The summed E-state index contributed by atoms with van der Waals surface area (Å²) in [5.74, 6) is -0.230. The van der Waals surface area contributed by atoms with Crippen LogP contribution >= 0.6 is 0 Å². The van der Waals surface area contributed by atoms with Crippen LogP contribution in [-0.4, -0.2) is 18.8 Å². The van der Waals surface area contributed by atoms with Crippen LogP contribution < -0.4 is 5.48 Å². The number of hydrogen-bond donors (Lipinski definition) is 1. The summed E-state index contributed by atoms with van der Waals surface area (Å²) in [7, 11) is 0. The Morgan fingerprint density at radius 1 is 1.39 bits per heavy atom. The summed E-state index contributed by atoms with van der Waals surface area (Å²) in [6.07, 6.45) is 3.62. The van der Waals surface area contributed by atoms with Gasteiger partial charge in [0, 0.05) is 18.6 Å². The standard InChI is InChI=1S/C14H19NO3/c1-2-11-6-8-12(9-7-11)14(16)15-18-13-5-3-4-10-17-13/h6-9,13H,2-5,10H2,1H3,(H,15,16). The Labute approximate surface area is 107 Å². The van der Waals surface area contributed by atoms with Gasteiger partial charge in [0.1, 0.15) is 0 Å². The fourth-order valence-electron chi connectivity index (χ4n) is 1.87. The lowest BCUT2D eigenvalue weighted by Gasteiger charge is -2.22. The molecule has 18 heavy (non-hydrogen) atoms. The Morgan fingerprint density at radius 2 is 2.17 bits per heavy atom. The van der Waals surface area contributed by atoms with Gasteiger partial charge >= 0.3 is 0 Å². The molecule has 1 aliphatic heterocycles. The highest BCUT2D eigenvalue weighted by Crippen LogP contribution is 2.13. The molecule has 0 saturated carbocycles. The molecule has 0 radical (unpaired) electrons. The minimum absolute atomic E-state index is 0.230. The van der Waals surface area contributed by atoms with Gasteiger partial charge in [-0.15, -0.1) is 0 Å². The van der Waals surface area contributed by atoms with E-state index in [9.17, 15) is 4.79 Å². The van der Waals surface area contributed by atoms with Gasteiger partial charge in [0.2, 0.25) is 0 Å². The number of hydrogen-bond acceptors (Lipinski definition) is 3. The van der Waals surface area contributed by atoms with E-state index in [4.69, 9.17) is 9.57 Å². The minimum atomic E-state index is -0.308. The second kappa shape index (κ2) is 6.52. The number of nitrogens with one attached hydrogen (secondary N) is 1. The van der Waals surface area contributed by atoms with Gasteiger partial charge in [-0.25, -0.2) is 10.3 Å². The van der Waals surface area contributed by atoms with Crippen molar-refractivity contribution in [3.8, 4) is 0 Å². The molecule has 98 valence electrons. The van der Waals surface area contributed by atoms with Gasteiger partial charge in [-0.05, 0) is 37.0 Å². The zero-order chi connectivity index (χ0) is 12.8. The normalized spacial score (nSPS) is 19.5. The van der Waals surface area contributed by atoms with Crippen molar-refractivity contribution < 1.29 is 14.4 Å². The third kappa shape index (κ3) is 3.55. The molecule has 1 aromatic carbocycles. The number of aryl methyl sites for hydroxylation is 1. The molecule has 1 aliphatic rings. The predicted octanol–water partition coefficient (Wildman–Crippen LogP) is 2.44. The van der Waals surface area contributed by atoms with E-state index in [2.05, 4.69) is 12.4 Å². The molecular formula is C14H19NO3. The number of carbonyl (C=O) groups is 1. The van der Waals surface area contributed by atoms with Crippen molar-refractivity contribution >= 4 is 5.91 Å². The molecule has 4 nitrogen and oxygen atoms in total. The summed E-state index contributed by atoms with van der Waals surface area (Å²) >= 11 is 0. The molecule has 0 spiro atoms. The number of benzene rings is 1. The van der Waals surface area contributed by atoms with Crippen molar-refractivity contribution in [1.82, 2.24) is 5.48 Å². The quantitative estimate of drug-likeness (QED) is 0.834. The first-order valence-corrected chi connectivity index (χ1v) is 6.46. The largest absolute Gasteiger partial charge is 0.350 e. The number of hydroxylamine groups is 1. The van der Waals surface area contributed by atoms with Crippen LogP contribution in [0.4, 0.5) is 0 Å². The molecule has 1 aromatic rings. The van der Waals surface area contributed by atoms with Crippen LogP contribution in [0.5, 0.6) is 0 Å². The molecule has 1 heterocycles. The number of ether oxygens (including phenoxy) is 1. The molecule has 1 amide bonds. The summed E-state index contributed by atoms with van der Waals surface area (Å²) in [6, 6.07) is 7.51. The Kier molecular flexibility index (Phi) is 4.73. The molecule has 1 saturated heterocycles. The number of rotatable bonds is 4. The average Bonchev–Trinajstić information content (AvgIpc) is 2.46. The maximum absolute atomic E-state index is 11.8. The van der Waals surface area contributed by atoms with E-state index in [1.54, 1.807) is 12.1 Å². The topological polar surface area (TPSA) is 47.6 Å². The van der Waals surface area contributed by atoms with Gasteiger partial charge in [-0.3, -0.25) is 4.79 Å². The second-order valence-electron chi connectivity index (χ2n) is 4.40. The van der Waals surface area contributed by atoms with Crippen LogP contribution in [0.15, 0.2) is 24.3 Å². The monoisotopic (exact) mass is 249 g/mol. The summed E-state index contributed by atoms with van der Waals surface area (Å²) in [4.78, 5) is 17.0. The van der Waals surface area contributed by atoms with Crippen molar-refractivity contribution in [2.45, 2.75) is 38.9 Å². The highest BCUT2D eigenvalue weighted by molar-refractivity contribution is 5.93. The number of carbonyl (C=O) groups excluding carboxylic acids is 1. The van der Waals surface area contributed by atoms with Gasteiger partial charge in [-0.2, -0.15) is 0 Å². The molecule has 0 aromatic heterocycles. The van der Waals surface area contributed by atoms with E-state index >= 15 is 0 Å². The summed E-state index contributed by atoms with van der Waals surface area (Å²) in [5.41, 5.74) is 4.25. The highest BCUT2D eigenvalue weighted by Gasteiger charge is 2.16. The predicted molar refractivity (Wildman–Crippen MR) is 68.0 cm³/mol. The van der Waals surface area contributed by atoms with Crippen molar-refractivity contribution in [2.75, 3.05) is 6.61 Å². The average molecular weight is 249 g/mol. The fraction of sp³-hybridized carbons (Fsp3) is 0.500. The number of amides is 1. The van der Waals surface area contributed by atoms with E-state index in [-0.39, 0.29) is 12.2 Å². The summed E-state index contributed by atoms with van der Waals surface area (Å²) in [5, 5.41) is 0. The fourth-order valence-corrected chi connectivity index (χ4v) is 1.87. The van der Waals surface area contributed by atoms with E-state index in [1.807, 2.05) is 12.1 Å². The molecular weight excluding hydrogens is 230 g/mol. The molecule has 0 bridgehead atoms. The molecule has 2 rings (SSSR count). The van der Waals surface area contributed by atoms with Gasteiger partial charge in [0.05, 0.1) is 0 Å². The highest BCUT2D eigenvalue weighted by atomic mass is 16.8. The first-order valence-electron chi connectivity index (χ1n) is 6.46. The molecule has 1 atom stereocenters. The Bertz CT molecular complexity index is 383. The van der Waals surface area contributed by atoms with Gasteiger partial charge < -0.3 is 4.74 Å². The van der Waals surface area contributed by atoms with Gasteiger partial charge in [0.15, 0.2) is 6.29 Å². The Balaban J connectivity index is 1.82. The first kappa shape index (κ1) is 13.1. The first-order chi connectivity index (χ1) is 8.79. The van der Waals surface area contributed by atoms with Crippen molar-refractivity contribution in [3.05, 3.63) is 35.4 Å². The van der Waals surface area contributed by atoms with Crippen LogP contribution in [0.2, 0.25) is 0 Å². The van der Waals surface area contributed by atoms with Crippen molar-refractivity contribution in [1.29, 1.82) is 0 Å². The lowest BCUT2D eigenvalue weighted by molar-refractivity contribution is -0.186. The molecule has 1 N–H and O–H groups in total. The van der Waals surface area contributed by atoms with E-state index in [0.717, 1.165) is 25.7 Å². The maximum atomic E-state index is 11.8. The van der Waals surface area contributed by atoms with Crippen LogP contribution in [0.3, 0.4) is 0 Å². The van der Waals surface area contributed by atoms with E-state index in [0.29, 0.717) is 12.2 Å². The van der Waals surface area contributed by atoms with E-state index in [1.165, 1.54) is 5.56 Å². The van der Waals surface area contributed by atoms with Gasteiger partial charge in [0.25, 0.3) is 5.91 Å². The van der Waals surface area contributed by atoms with Crippen LogP contribution in [0, 0.1) is 0 Å². The maximum Gasteiger partial charge on any atom is 0.274 e. The molecule has 0 aliphatic carbocycles. The van der Waals surface area contributed by atoms with Crippen molar-refractivity contribution in [2.24, 2.45) is 0 Å². The molecule has 1 fully saturated rings. The van der Waals surface area contributed by atoms with E-state index < -0.39 is 0 Å². The third-order valence-electron chi connectivity index (χ3n) is 3.05. The Morgan fingerprint density at radius 3 is 2.78 bits per heavy atom. The summed E-state index contributed by atoms with van der Waals surface area (Å²) < 4.78 is 5.36. The summed E-state index contributed by atoms with van der Waals surface area (Å²) in [6.45, 7) is 2.78. The molecule has 1 unspecified atom stereocenters. The van der Waals surface area contributed by atoms with Crippen molar-refractivity contribution in [3.63, 3.8) is 0 Å². The van der Waals surface area contributed by atoms with Crippen LogP contribution in [0.25, 0.3) is 0 Å². The SMILES string of the molecule is CCc1ccc(C(=O)NOC2CCCCO2)cc1. The Hall–Kier alpha value is -1.39. The lowest BCUT2D eigenvalue weighted by atomic mass is 10.1. The zero-order valence-corrected chi connectivity index (χ0v) is 10.6. The van der Waals surface area contributed by atoms with Gasteiger partial charge in [-0.1, -0.05) is 19.1 Å². The molecule has 4 heteroatoms. The zero-order valence-electron chi connectivity index (χ0n) is 10.6. The smallest absolute Gasteiger partial charge is 0.274 e. The second-order valence-corrected chi connectivity index (χ2v) is 4.40. The third-order valence-corrected chi connectivity index (χ3v) is 3.05. The van der Waals surface area contributed by atoms with Crippen LogP contribution in [0.1, 0.15) is 42.1 Å². The lowest BCUT2D eigenvalue weighted by Crippen LogP contribution is -2.33. The minimum Gasteiger partial charge on any atom is -0.350 e. The van der Waals surface area contributed by atoms with Crippen LogP contribution in [-0.2, 0) is 16.0 Å².